The third kappa shape index (κ3) is 4.01. The van der Waals surface area contributed by atoms with Gasteiger partial charge < -0.3 is 0 Å². The van der Waals surface area contributed by atoms with Gasteiger partial charge in [0, 0.05) is 6.42 Å². The first kappa shape index (κ1) is 12.2. The average Bonchev–Trinajstić information content (AvgIpc) is 2.62. The number of rotatable bonds is 3. The Morgan fingerprint density at radius 2 is 2.13 bits per heavy atom. The Bertz CT molecular complexity index is 365. The van der Waals surface area contributed by atoms with Crippen LogP contribution in [-0.2, 0) is 4.79 Å². The number of amides is 2. The second-order valence-corrected chi connectivity index (χ2v) is 5.32. The lowest BCUT2D eigenvalue weighted by Gasteiger charge is -2.04. The summed E-state index contributed by atoms with van der Waals surface area (Å²) < 4.78 is 0.882. The zero-order chi connectivity index (χ0) is 11.3. The van der Waals surface area contributed by atoms with E-state index in [1.165, 1.54) is 11.3 Å². The molecular formula is C9H11BrN2O2S. The number of carbonyl (C=O) groups excluding carboxylic acids is 2. The molecule has 82 valence electrons. The quantitative estimate of drug-likeness (QED) is 0.838. The van der Waals surface area contributed by atoms with E-state index in [1.54, 1.807) is 12.1 Å². The Labute approximate surface area is 100 Å². The first-order valence-electron chi connectivity index (χ1n) is 4.48. The van der Waals surface area contributed by atoms with E-state index < -0.39 is 0 Å². The molecule has 0 unspecified atom stereocenters. The molecule has 0 saturated heterocycles. The van der Waals surface area contributed by atoms with Gasteiger partial charge in [0.05, 0.1) is 8.66 Å². The van der Waals surface area contributed by atoms with Crippen molar-refractivity contribution in [3.8, 4) is 0 Å². The minimum atomic E-state index is -0.296. The Hall–Kier alpha value is -0.880. The fourth-order valence-electron chi connectivity index (χ4n) is 0.914. The van der Waals surface area contributed by atoms with Crippen molar-refractivity contribution in [2.75, 3.05) is 0 Å². The first-order valence-corrected chi connectivity index (χ1v) is 6.09. The first-order chi connectivity index (χ1) is 7.13. The van der Waals surface area contributed by atoms with E-state index in [9.17, 15) is 9.59 Å². The van der Waals surface area contributed by atoms with Crippen LogP contribution in [0.25, 0.3) is 0 Å². The van der Waals surface area contributed by atoms with Crippen molar-refractivity contribution in [3.05, 3.63) is 20.8 Å². The molecule has 2 amide bonds. The summed E-state index contributed by atoms with van der Waals surface area (Å²) in [6, 6.07) is 3.48. The van der Waals surface area contributed by atoms with E-state index in [0.717, 1.165) is 10.2 Å². The molecule has 1 rings (SSSR count). The summed E-state index contributed by atoms with van der Waals surface area (Å²) in [6.07, 6.45) is 1.17. The van der Waals surface area contributed by atoms with E-state index in [4.69, 9.17) is 0 Å². The summed E-state index contributed by atoms with van der Waals surface area (Å²) in [7, 11) is 0. The molecule has 1 heterocycles. The molecule has 0 aliphatic heterocycles. The third-order valence-corrected chi connectivity index (χ3v) is 3.21. The average molecular weight is 291 g/mol. The van der Waals surface area contributed by atoms with Crippen molar-refractivity contribution >= 4 is 39.1 Å². The summed E-state index contributed by atoms with van der Waals surface area (Å²) in [6.45, 7) is 1.90. The van der Waals surface area contributed by atoms with Gasteiger partial charge in [-0.3, -0.25) is 20.4 Å². The highest BCUT2D eigenvalue weighted by Gasteiger charge is 2.08. The van der Waals surface area contributed by atoms with Crippen molar-refractivity contribution < 1.29 is 9.59 Å². The normalized spacial score (nSPS) is 9.73. The maximum atomic E-state index is 11.4. The highest BCUT2D eigenvalue weighted by Crippen LogP contribution is 2.21. The van der Waals surface area contributed by atoms with E-state index in [-0.39, 0.29) is 11.8 Å². The molecule has 15 heavy (non-hydrogen) atoms. The minimum absolute atomic E-state index is 0.179. The topological polar surface area (TPSA) is 58.2 Å². The lowest BCUT2D eigenvalue weighted by atomic mass is 10.3. The summed E-state index contributed by atoms with van der Waals surface area (Å²) in [5.41, 5.74) is 4.69. The number of hydrogen-bond acceptors (Lipinski definition) is 3. The van der Waals surface area contributed by atoms with Gasteiger partial charge in [-0.15, -0.1) is 11.3 Å². The van der Waals surface area contributed by atoms with Crippen molar-refractivity contribution in [1.29, 1.82) is 0 Å². The largest absolute Gasteiger partial charge is 0.279 e. The third-order valence-electron chi connectivity index (χ3n) is 1.59. The van der Waals surface area contributed by atoms with E-state index in [1.807, 2.05) is 6.92 Å². The van der Waals surface area contributed by atoms with Gasteiger partial charge in [-0.25, -0.2) is 0 Å². The van der Waals surface area contributed by atoms with Gasteiger partial charge in [-0.1, -0.05) is 6.92 Å². The van der Waals surface area contributed by atoms with Crippen LogP contribution >= 0.6 is 27.3 Å². The molecule has 0 radical (unpaired) electrons. The van der Waals surface area contributed by atoms with E-state index in [2.05, 4.69) is 26.8 Å². The smallest absolute Gasteiger partial charge is 0.273 e. The van der Waals surface area contributed by atoms with Gasteiger partial charge in [0.2, 0.25) is 5.91 Å². The van der Waals surface area contributed by atoms with Gasteiger partial charge in [-0.05, 0) is 34.5 Å². The second kappa shape index (κ2) is 5.87. The van der Waals surface area contributed by atoms with Gasteiger partial charge in [0.1, 0.15) is 0 Å². The number of hydrogen-bond donors (Lipinski definition) is 2. The number of halogens is 1. The number of carbonyl (C=O) groups is 2. The van der Waals surface area contributed by atoms with Crippen LogP contribution in [0.2, 0.25) is 0 Å². The summed E-state index contributed by atoms with van der Waals surface area (Å²) in [4.78, 5) is 23.0. The van der Waals surface area contributed by atoms with Crippen LogP contribution in [0.1, 0.15) is 29.4 Å². The fraction of sp³-hybridized carbons (Fsp3) is 0.333. The monoisotopic (exact) mass is 290 g/mol. The number of hydrazine groups is 1. The summed E-state index contributed by atoms with van der Waals surface area (Å²) >= 11 is 4.57. The molecule has 6 heteroatoms. The zero-order valence-corrected chi connectivity index (χ0v) is 10.6. The Morgan fingerprint density at radius 1 is 1.40 bits per heavy atom. The molecule has 0 aromatic carbocycles. The predicted octanol–water partition coefficient (Wildman–Crippen LogP) is 2.07. The number of thiophene rings is 1. The molecule has 0 saturated carbocycles. The minimum Gasteiger partial charge on any atom is -0.273 e. The molecule has 1 aromatic heterocycles. The lowest BCUT2D eigenvalue weighted by Crippen LogP contribution is -2.41. The highest BCUT2D eigenvalue weighted by atomic mass is 79.9. The zero-order valence-electron chi connectivity index (χ0n) is 8.17. The molecule has 1 aromatic rings. The number of nitrogens with one attached hydrogen (secondary N) is 2. The molecule has 0 aliphatic carbocycles. The molecule has 4 nitrogen and oxygen atoms in total. The van der Waals surface area contributed by atoms with Crippen LogP contribution in [0.4, 0.5) is 0 Å². The van der Waals surface area contributed by atoms with Crippen LogP contribution in [-0.4, -0.2) is 11.8 Å². The van der Waals surface area contributed by atoms with Gasteiger partial charge in [-0.2, -0.15) is 0 Å². The van der Waals surface area contributed by atoms with Crippen molar-refractivity contribution in [2.45, 2.75) is 19.8 Å². The van der Waals surface area contributed by atoms with Gasteiger partial charge in [0.15, 0.2) is 0 Å². The molecule has 0 aliphatic rings. The summed E-state index contributed by atoms with van der Waals surface area (Å²) in [5, 5.41) is 0. The van der Waals surface area contributed by atoms with Crippen LogP contribution in [0.3, 0.4) is 0 Å². The maximum absolute atomic E-state index is 11.4. The molecule has 2 N–H and O–H groups in total. The van der Waals surface area contributed by atoms with Gasteiger partial charge >= 0.3 is 0 Å². The van der Waals surface area contributed by atoms with Crippen LogP contribution < -0.4 is 10.9 Å². The van der Waals surface area contributed by atoms with Gasteiger partial charge in [0.25, 0.3) is 5.91 Å². The second-order valence-electron chi connectivity index (χ2n) is 2.86. The van der Waals surface area contributed by atoms with Crippen LogP contribution in [0.15, 0.2) is 15.9 Å². The predicted molar refractivity (Wildman–Crippen MR) is 62.5 cm³/mol. The fourth-order valence-corrected chi connectivity index (χ4v) is 2.20. The Morgan fingerprint density at radius 3 is 2.67 bits per heavy atom. The summed E-state index contributed by atoms with van der Waals surface area (Å²) in [5.74, 6) is -0.475. The molecule has 0 atom stereocenters. The van der Waals surface area contributed by atoms with E-state index in [0.29, 0.717) is 11.3 Å². The van der Waals surface area contributed by atoms with Crippen LogP contribution in [0, 0.1) is 0 Å². The van der Waals surface area contributed by atoms with Crippen molar-refractivity contribution in [2.24, 2.45) is 0 Å². The van der Waals surface area contributed by atoms with Crippen molar-refractivity contribution in [3.63, 3.8) is 0 Å². The standard InChI is InChI=1S/C9H11BrN2O2S/c1-2-3-8(13)11-12-9(14)6-4-5-7(10)15-6/h4-5H,2-3H2,1H3,(H,11,13)(H,12,14). The Balaban J connectivity index is 2.40. The van der Waals surface area contributed by atoms with Crippen molar-refractivity contribution in [1.82, 2.24) is 10.9 Å². The highest BCUT2D eigenvalue weighted by molar-refractivity contribution is 9.11. The maximum Gasteiger partial charge on any atom is 0.279 e. The molecule has 0 spiro atoms. The Kier molecular flexibility index (Phi) is 4.77. The SMILES string of the molecule is CCCC(=O)NNC(=O)c1ccc(Br)s1. The van der Waals surface area contributed by atoms with E-state index >= 15 is 0 Å². The lowest BCUT2D eigenvalue weighted by molar-refractivity contribution is -0.121. The molecule has 0 bridgehead atoms. The molecular weight excluding hydrogens is 280 g/mol. The van der Waals surface area contributed by atoms with Crippen LogP contribution in [0.5, 0.6) is 0 Å². The molecule has 0 fully saturated rings.